The Balaban J connectivity index is 1.56. The lowest BCUT2D eigenvalue weighted by Crippen LogP contribution is -2.50. The van der Waals surface area contributed by atoms with Crippen LogP contribution in [0.5, 0.6) is 0 Å². The Labute approximate surface area is 202 Å². The Hall–Kier alpha value is -4.01. The van der Waals surface area contributed by atoms with Crippen molar-refractivity contribution in [2.75, 3.05) is 44.3 Å². The molecule has 0 unspecified atom stereocenters. The Kier molecular flexibility index (Phi) is 6.31. The number of nitrogens with zero attached hydrogens (tertiary/aromatic N) is 3. The summed E-state index contributed by atoms with van der Waals surface area (Å²) < 4.78 is 17.5. The van der Waals surface area contributed by atoms with E-state index in [1.807, 2.05) is 35.2 Å². The summed E-state index contributed by atoms with van der Waals surface area (Å²) in [5.74, 6) is -0.367. The van der Waals surface area contributed by atoms with Gasteiger partial charge < -0.3 is 28.3 Å². The predicted molar refractivity (Wildman–Crippen MR) is 129 cm³/mol. The van der Waals surface area contributed by atoms with Crippen LogP contribution >= 0.6 is 0 Å². The maximum atomic E-state index is 13.8. The first-order valence-corrected chi connectivity index (χ1v) is 11.8. The van der Waals surface area contributed by atoms with Crippen LogP contribution in [-0.2, 0) is 20.8 Å². The number of hydrogen-bond donors (Lipinski definition) is 0. The number of aromatic nitrogens is 1. The van der Waals surface area contributed by atoms with Crippen LogP contribution < -0.4 is 10.5 Å². The first kappa shape index (κ1) is 22.8. The monoisotopic (exact) mass is 477 g/mol. The SMILES string of the molecule is CCOC(=O)c1c(N2CCN(C(=O)C3=CCCO3)CC2)c2ccccc2n(Cc2ccoc2)c1=O. The first-order chi connectivity index (χ1) is 17.1. The standard InChI is InChI=1S/C26H27N3O6/c1-2-34-26(32)22-23(27-10-12-28(13-11-27)24(30)21-8-5-14-35-21)19-6-3-4-7-20(19)29(25(22)31)16-18-9-15-33-17-18/h3-4,6-9,15,17H,2,5,10-14,16H2,1H3. The highest BCUT2D eigenvalue weighted by Crippen LogP contribution is 2.31. The fourth-order valence-electron chi connectivity index (χ4n) is 4.68. The highest BCUT2D eigenvalue weighted by atomic mass is 16.5. The van der Waals surface area contributed by atoms with Crippen molar-refractivity contribution >= 4 is 28.5 Å². The van der Waals surface area contributed by atoms with Gasteiger partial charge in [0.05, 0.1) is 43.5 Å². The third kappa shape index (κ3) is 4.29. The third-order valence-electron chi connectivity index (χ3n) is 6.35. The van der Waals surface area contributed by atoms with Gasteiger partial charge >= 0.3 is 5.97 Å². The number of benzene rings is 1. The summed E-state index contributed by atoms with van der Waals surface area (Å²) in [4.78, 5) is 43.4. The molecular formula is C26H27N3O6. The molecule has 3 aromatic rings. The lowest BCUT2D eigenvalue weighted by molar-refractivity contribution is -0.130. The molecule has 2 aliphatic heterocycles. The van der Waals surface area contributed by atoms with Gasteiger partial charge in [0.25, 0.3) is 11.5 Å². The lowest BCUT2D eigenvalue weighted by atomic mass is 10.1. The smallest absolute Gasteiger partial charge is 0.345 e. The maximum Gasteiger partial charge on any atom is 0.345 e. The fourth-order valence-corrected chi connectivity index (χ4v) is 4.68. The van der Waals surface area contributed by atoms with Crippen LogP contribution in [0.15, 0.2) is 63.9 Å². The summed E-state index contributed by atoms with van der Waals surface area (Å²) in [6.07, 6.45) is 5.70. The molecule has 5 rings (SSSR count). The van der Waals surface area contributed by atoms with Crippen LogP contribution in [0.4, 0.5) is 5.69 Å². The zero-order chi connectivity index (χ0) is 24.4. The molecule has 182 valence electrons. The van der Waals surface area contributed by atoms with Crippen molar-refractivity contribution in [3.05, 3.63) is 76.2 Å². The second kappa shape index (κ2) is 9.69. The number of ether oxygens (including phenoxy) is 2. The Morgan fingerprint density at radius 3 is 2.57 bits per heavy atom. The quantitative estimate of drug-likeness (QED) is 0.504. The number of pyridine rings is 1. The molecule has 0 N–H and O–H groups in total. The van der Waals surface area contributed by atoms with E-state index in [9.17, 15) is 14.4 Å². The highest BCUT2D eigenvalue weighted by molar-refractivity contribution is 6.05. The number of fused-ring (bicyclic) bond motifs is 1. The van der Waals surface area contributed by atoms with Gasteiger partial charge in [0.15, 0.2) is 5.76 Å². The summed E-state index contributed by atoms with van der Waals surface area (Å²) in [6, 6.07) is 9.33. The number of carbonyl (C=O) groups excluding carboxylic acids is 2. The van der Waals surface area contributed by atoms with Gasteiger partial charge in [0.2, 0.25) is 0 Å². The molecule has 1 aromatic carbocycles. The van der Waals surface area contributed by atoms with E-state index >= 15 is 0 Å². The second-order valence-corrected chi connectivity index (χ2v) is 8.47. The minimum absolute atomic E-state index is 0.00987. The summed E-state index contributed by atoms with van der Waals surface area (Å²) in [7, 11) is 0. The number of furan rings is 1. The molecule has 2 aromatic heterocycles. The highest BCUT2D eigenvalue weighted by Gasteiger charge is 2.31. The number of rotatable bonds is 6. The van der Waals surface area contributed by atoms with Crippen LogP contribution in [0.1, 0.15) is 29.3 Å². The molecule has 0 bridgehead atoms. The zero-order valence-corrected chi connectivity index (χ0v) is 19.6. The van der Waals surface area contributed by atoms with E-state index in [1.54, 1.807) is 35.0 Å². The average molecular weight is 478 g/mol. The lowest BCUT2D eigenvalue weighted by Gasteiger charge is -2.37. The van der Waals surface area contributed by atoms with Gasteiger partial charge in [0, 0.05) is 43.5 Å². The molecule has 0 radical (unpaired) electrons. The van der Waals surface area contributed by atoms with Crippen molar-refractivity contribution in [1.29, 1.82) is 0 Å². The van der Waals surface area contributed by atoms with Crippen molar-refractivity contribution in [2.45, 2.75) is 19.9 Å². The molecule has 2 aliphatic rings. The number of para-hydroxylation sites is 1. The first-order valence-electron chi connectivity index (χ1n) is 11.8. The third-order valence-corrected chi connectivity index (χ3v) is 6.35. The fraction of sp³-hybridized carbons (Fsp3) is 0.346. The van der Waals surface area contributed by atoms with Gasteiger partial charge in [-0.15, -0.1) is 0 Å². The Morgan fingerprint density at radius 2 is 1.89 bits per heavy atom. The van der Waals surface area contributed by atoms with Crippen LogP contribution in [0.3, 0.4) is 0 Å². The van der Waals surface area contributed by atoms with Gasteiger partial charge in [-0.3, -0.25) is 9.59 Å². The van der Waals surface area contributed by atoms with Gasteiger partial charge in [-0.05, 0) is 25.1 Å². The molecule has 0 saturated carbocycles. The molecular weight excluding hydrogens is 450 g/mol. The topological polar surface area (TPSA) is 94.2 Å². The van der Waals surface area contributed by atoms with Crippen LogP contribution in [0.2, 0.25) is 0 Å². The van der Waals surface area contributed by atoms with Crippen molar-refractivity contribution in [2.24, 2.45) is 0 Å². The molecule has 1 amide bonds. The summed E-state index contributed by atoms with van der Waals surface area (Å²) in [5.41, 5.74) is 1.67. The van der Waals surface area contributed by atoms with Crippen molar-refractivity contribution in [3.63, 3.8) is 0 Å². The maximum absolute atomic E-state index is 13.8. The molecule has 35 heavy (non-hydrogen) atoms. The molecule has 0 aliphatic carbocycles. The van der Waals surface area contributed by atoms with E-state index in [4.69, 9.17) is 13.9 Å². The van der Waals surface area contributed by atoms with Gasteiger partial charge in [-0.2, -0.15) is 0 Å². The van der Waals surface area contributed by atoms with Crippen molar-refractivity contribution in [1.82, 2.24) is 9.47 Å². The number of anilines is 1. The van der Waals surface area contributed by atoms with E-state index in [0.29, 0.717) is 49.7 Å². The minimum atomic E-state index is -0.651. The Morgan fingerprint density at radius 1 is 1.09 bits per heavy atom. The van der Waals surface area contributed by atoms with E-state index in [2.05, 4.69) is 0 Å². The molecule has 0 atom stereocenters. The van der Waals surface area contributed by atoms with Gasteiger partial charge in [-0.25, -0.2) is 4.79 Å². The van der Waals surface area contributed by atoms with Crippen LogP contribution in [-0.4, -0.2) is 60.7 Å². The number of hydrogen-bond acceptors (Lipinski definition) is 7. The van der Waals surface area contributed by atoms with Crippen molar-refractivity contribution < 1.29 is 23.5 Å². The minimum Gasteiger partial charge on any atom is -0.488 e. The summed E-state index contributed by atoms with van der Waals surface area (Å²) >= 11 is 0. The second-order valence-electron chi connectivity index (χ2n) is 8.47. The number of carbonyl (C=O) groups is 2. The molecule has 1 saturated heterocycles. The van der Waals surface area contributed by atoms with E-state index in [-0.39, 0.29) is 24.6 Å². The molecule has 9 nitrogen and oxygen atoms in total. The molecule has 9 heteroatoms. The summed E-state index contributed by atoms with van der Waals surface area (Å²) in [6.45, 7) is 4.52. The number of esters is 1. The van der Waals surface area contributed by atoms with E-state index in [1.165, 1.54) is 0 Å². The molecule has 0 spiro atoms. The predicted octanol–water partition coefficient (Wildman–Crippen LogP) is 2.77. The molecule has 1 fully saturated rings. The number of piperazine rings is 1. The van der Waals surface area contributed by atoms with Crippen molar-refractivity contribution in [3.8, 4) is 0 Å². The van der Waals surface area contributed by atoms with Gasteiger partial charge in [-0.1, -0.05) is 18.2 Å². The zero-order valence-electron chi connectivity index (χ0n) is 19.6. The Bertz CT molecular complexity index is 1330. The average Bonchev–Trinajstić information content (AvgIpc) is 3.60. The van der Waals surface area contributed by atoms with Crippen LogP contribution in [0, 0.1) is 0 Å². The largest absolute Gasteiger partial charge is 0.488 e. The van der Waals surface area contributed by atoms with E-state index in [0.717, 1.165) is 17.4 Å². The molecule has 4 heterocycles. The van der Waals surface area contributed by atoms with E-state index < -0.39 is 11.5 Å². The van der Waals surface area contributed by atoms with Crippen LogP contribution in [0.25, 0.3) is 10.9 Å². The number of amides is 1. The summed E-state index contributed by atoms with van der Waals surface area (Å²) in [5, 5.41) is 0.778. The normalized spacial score (nSPS) is 15.7. The van der Waals surface area contributed by atoms with Gasteiger partial charge in [0.1, 0.15) is 5.56 Å².